The quantitative estimate of drug-likeness (QED) is 0.644. The van der Waals surface area contributed by atoms with Gasteiger partial charge in [-0.25, -0.2) is 4.98 Å². The van der Waals surface area contributed by atoms with Crippen molar-refractivity contribution >= 4 is 28.5 Å². The molecule has 2 heterocycles. The summed E-state index contributed by atoms with van der Waals surface area (Å²) in [4.78, 5) is 8.81. The predicted molar refractivity (Wildman–Crippen MR) is 92.1 cm³/mol. The van der Waals surface area contributed by atoms with Crippen molar-refractivity contribution in [3.8, 4) is 0 Å². The molecule has 1 aliphatic carbocycles. The van der Waals surface area contributed by atoms with E-state index >= 15 is 0 Å². The van der Waals surface area contributed by atoms with E-state index in [1.165, 1.54) is 32.1 Å². The van der Waals surface area contributed by atoms with Crippen LogP contribution < -0.4 is 5.32 Å². The lowest BCUT2D eigenvalue weighted by atomic mass is 9.95. The van der Waals surface area contributed by atoms with Gasteiger partial charge in [0, 0.05) is 12.6 Å². The number of fused-ring (bicyclic) bond motifs is 1. The molecule has 0 atom stereocenters. The third-order valence-corrected chi connectivity index (χ3v) is 4.49. The molecule has 0 radical (unpaired) electrons. The van der Waals surface area contributed by atoms with Gasteiger partial charge in [-0.05, 0) is 38.3 Å². The van der Waals surface area contributed by atoms with E-state index in [9.17, 15) is 0 Å². The van der Waals surface area contributed by atoms with Gasteiger partial charge >= 0.3 is 0 Å². The molecule has 3 rings (SSSR count). The molecule has 0 unspecified atom stereocenters. The third-order valence-electron chi connectivity index (χ3n) is 4.33. The fraction of sp³-hybridized carbons (Fsp3) is 0.688. The normalized spacial score (nSPS) is 16.1. The zero-order valence-electron chi connectivity index (χ0n) is 13.8. The van der Waals surface area contributed by atoms with E-state index in [1.807, 2.05) is 18.5 Å². The zero-order chi connectivity index (χ0) is 16.2. The highest BCUT2D eigenvalue weighted by molar-refractivity contribution is 6.28. The number of nitrogens with one attached hydrogen (secondary N) is 1. The van der Waals surface area contributed by atoms with Gasteiger partial charge < -0.3 is 10.1 Å². The molecule has 1 aliphatic rings. The van der Waals surface area contributed by atoms with Crippen LogP contribution >= 0.6 is 11.6 Å². The van der Waals surface area contributed by atoms with Gasteiger partial charge in [-0.15, -0.1) is 0 Å². The van der Waals surface area contributed by atoms with Crippen LogP contribution in [0.1, 0.15) is 44.7 Å². The van der Waals surface area contributed by atoms with Crippen molar-refractivity contribution in [2.24, 2.45) is 0 Å². The summed E-state index contributed by atoms with van der Waals surface area (Å²) >= 11 is 6.13. The maximum Gasteiger partial charge on any atom is 0.225 e. The minimum Gasteiger partial charge on any atom is -0.380 e. The molecule has 0 bridgehead atoms. The Balaban J connectivity index is 1.93. The Morgan fingerprint density at radius 2 is 2.04 bits per heavy atom. The van der Waals surface area contributed by atoms with E-state index in [0.717, 1.165) is 22.5 Å². The van der Waals surface area contributed by atoms with Crippen LogP contribution in [0.15, 0.2) is 0 Å². The highest BCUT2D eigenvalue weighted by atomic mass is 35.5. The van der Waals surface area contributed by atoms with Gasteiger partial charge in [-0.3, -0.25) is 4.68 Å². The molecule has 1 saturated carbocycles. The number of hydrogen-bond donors (Lipinski definition) is 1. The number of hydrogen-bond acceptors (Lipinski definition) is 5. The summed E-state index contributed by atoms with van der Waals surface area (Å²) in [6, 6.07) is 0.452. The van der Waals surface area contributed by atoms with Crippen molar-refractivity contribution in [3.63, 3.8) is 0 Å². The van der Waals surface area contributed by atoms with Gasteiger partial charge in [-0.1, -0.05) is 19.3 Å². The van der Waals surface area contributed by atoms with Crippen LogP contribution in [0.4, 0.5) is 5.82 Å². The van der Waals surface area contributed by atoms with E-state index in [0.29, 0.717) is 25.8 Å². The fourth-order valence-electron chi connectivity index (χ4n) is 3.20. The van der Waals surface area contributed by atoms with E-state index < -0.39 is 0 Å². The van der Waals surface area contributed by atoms with Crippen molar-refractivity contribution in [3.05, 3.63) is 11.0 Å². The first kappa shape index (κ1) is 16.5. The summed E-state index contributed by atoms with van der Waals surface area (Å²) in [6.07, 6.45) is 6.21. The highest BCUT2D eigenvalue weighted by Gasteiger charge is 2.20. The van der Waals surface area contributed by atoms with Crippen molar-refractivity contribution in [2.75, 3.05) is 18.5 Å². The average molecular weight is 338 g/mol. The third kappa shape index (κ3) is 3.75. The number of anilines is 1. The smallest absolute Gasteiger partial charge is 0.225 e. The number of aromatic nitrogens is 4. The Morgan fingerprint density at radius 1 is 1.26 bits per heavy atom. The van der Waals surface area contributed by atoms with Gasteiger partial charge in [0.1, 0.15) is 11.0 Å². The molecule has 0 saturated heterocycles. The number of halogens is 1. The van der Waals surface area contributed by atoms with Gasteiger partial charge in [0.25, 0.3) is 0 Å². The summed E-state index contributed by atoms with van der Waals surface area (Å²) in [5.74, 6) is 0.795. The summed E-state index contributed by atoms with van der Waals surface area (Å²) in [7, 11) is 0. The van der Waals surface area contributed by atoms with Crippen molar-refractivity contribution in [1.82, 2.24) is 19.7 Å². The molecule has 0 aromatic carbocycles. The SMILES string of the molecule is CCOCCn1nc(C)c2nc(Cl)nc(NC3CCCCC3)c21. The molecule has 2 aromatic rings. The number of nitrogens with zero attached hydrogens (tertiary/aromatic N) is 4. The van der Waals surface area contributed by atoms with Gasteiger partial charge in [0.05, 0.1) is 18.8 Å². The molecular formula is C16H24ClN5O. The number of ether oxygens (including phenoxy) is 1. The van der Waals surface area contributed by atoms with Crippen molar-refractivity contribution < 1.29 is 4.74 Å². The van der Waals surface area contributed by atoms with E-state index in [2.05, 4.69) is 20.4 Å². The molecule has 1 fully saturated rings. The Morgan fingerprint density at radius 3 is 2.78 bits per heavy atom. The van der Waals surface area contributed by atoms with E-state index in [-0.39, 0.29) is 5.28 Å². The molecule has 0 spiro atoms. The van der Waals surface area contributed by atoms with Crippen LogP contribution in [-0.2, 0) is 11.3 Å². The monoisotopic (exact) mass is 337 g/mol. The van der Waals surface area contributed by atoms with Crippen LogP contribution in [0.25, 0.3) is 11.0 Å². The lowest BCUT2D eigenvalue weighted by molar-refractivity contribution is 0.137. The van der Waals surface area contributed by atoms with E-state index in [4.69, 9.17) is 16.3 Å². The summed E-state index contributed by atoms with van der Waals surface area (Å²) < 4.78 is 7.39. The average Bonchev–Trinajstić information content (AvgIpc) is 2.85. The van der Waals surface area contributed by atoms with Crippen LogP contribution in [-0.4, -0.2) is 39.0 Å². The van der Waals surface area contributed by atoms with Gasteiger partial charge in [-0.2, -0.15) is 10.1 Å². The second-order valence-corrected chi connectivity index (χ2v) is 6.36. The van der Waals surface area contributed by atoms with Crippen LogP contribution in [0.3, 0.4) is 0 Å². The molecule has 23 heavy (non-hydrogen) atoms. The largest absolute Gasteiger partial charge is 0.380 e. The van der Waals surface area contributed by atoms with Crippen LogP contribution in [0.5, 0.6) is 0 Å². The second kappa shape index (κ2) is 7.45. The molecule has 1 N–H and O–H groups in total. The molecule has 126 valence electrons. The maximum absolute atomic E-state index is 6.13. The standard InChI is InChI=1S/C16H24ClN5O/c1-3-23-10-9-22-14-13(11(2)21-22)19-16(17)20-15(14)18-12-7-5-4-6-8-12/h12H,3-10H2,1-2H3,(H,18,19,20). The van der Waals surface area contributed by atoms with E-state index in [1.54, 1.807) is 0 Å². The Kier molecular flexibility index (Phi) is 5.33. The number of aryl methyl sites for hydroxylation is 1. The van der Waals surface area contributed by atoms with Gasteiger partial charge in [0.15, 0.2) is 5.82 Å². The topological polar surface area (TPSA) is 64.9 Å². The molecule has 6 nitrogen and oxygen atoms in total. The van der Waals surface area contributed by atoms with Crippen molar-refractivity contribution in [1.29, 1.82) is 0 Å². The molecule has 0 amide bonds. The molecule has 2 aromatic heterocycles. The summed E-state index contributed by atoms with van der Waals surface area (Å²) in [5, 5.41) is 8.43. The lowest BCUT2D eigenvalue weighted by Gasteiger charge is -2.23. The maximum atomic E-state index is 6.13. The minimum atomic E-state index is 0.267. The van der Waals surface area contributed by atoms with Crippen LogP contribution in [0.2, 0.25) is 5.28 Å². The second-order valence-electron chi connectivity index (χ2n) is 6.02. The Hall–Kier alpha value is -1.40. The van der Waals surface area contributed by atoms with Crippen LogP contribution in [0, 0.1) is 6.92 Å². The number of rotatable bonds is 6. The first-order valence-electron chi connectivity index (χ1n) is 8.44. The van der Waals surface area contributed by atoms with Gasteiger partial charge in [0.2, 0.25) is 5.28 Å². The highest BCUT2D eigenvalue weighted by Crippen LogP contribution is 2.28. The fourth-order valence-corrected chi connectivity index (χ4v) is 3.37. The summed E-state index contributed by atoms with van der Waals surface area (Å²) in [5.41, 5.74) is 2.62. The zero-order valence-corrected chi connectivity index (χ0v) is 14.6. The molecular weight excluding hydrogens is 314 g/mol. The molecule has 0 aliphatic heterocycles. The van der Waals surface area contributed by atoms with Crippen molar-refractivity contribution in [2.45, 2.75) is 58.5 Å². The first-order valence-corrected chi connectivity index (χ1v) is 8.81. The minimum absolute atomic E-state index is 0.267. The Labute approximate surface area is 141 Å². The Bertz CT molecular complexity index is 666. The predicted octanol–water partition coefficient (Wildman–Crippen LogP) is 3.57. The summed E-state index contributed by atoms with van der Waals surface area (Å²) in [6.45, 7) is 5.95. The first-order chi connectivity index (χ1) is 11.2. The lowest BCUT2D eigenvalue weighted by Crippen LogP contribution is -2.23. The molecule has 7 heteroatoms.